The summed E-state index contributed by atoms with van der Waals surface area (Å²) in [5.41, 5.74) is 6.37. The van der Waals surface area contributed by atoms with Gasteiger partial charge in [0.1, 0.15) is 11.5 Å². The van der Waals surface area contributed by atoms with Gasteiger partial charge in [-0.05, 0) is 24.4 Å². The Bertz CT molecular complexity index is 670. The third kappa shape index (κ3) is 4.86. The first-order chi connectivity index (χ1) is 11.1. The summed E-state index contributed by atoms with van der Waals surface area (Å²) in [6, 6.07) is 14.1. The van der Waals surface area contributed by atoms with Gasteiger partial charge in [-0.1, -0.05) is 18.2 Å². The van der Waals surface area contributed by atoms with Gasteiger partial charge in [-0.25, -0.2) is 0 Å². The van der Waals surface area contributed by atoms with Gasteiger partial charge in [0.05, 0.1) is 14.2 Å². The summed E-state index contributed by atoms with van der Waals surface area (Å²) in [4.78, 5) is 11.9. The van der Waals surface area contributed by atoms with Crippen LogP contribution in [0.5, 0.6) is 11.5 Å². The van der Waals surface area contributed by atoms with Gasteiger partial charge in [0.2, 0.25) is 0 Å². The van der Waals surface area contributed by atoms with E-state index < -0.39 is 0 Å². The van der Waals surface area contributed by atoms with Crippen molar-refractivity contribution in [1.29, 1.82) is 0 Å². The van der Waals surface area contributed by atoms with Crippen molar-refractivity contribution in [1.82, 2.24) is 10.9 Å². The molecule has 2 rings (SSSR count). The van der Waals surface area contributed by atoms with Crippen LogP contribution in [0.1, 0.15) is 10.4 Å². The lowest BCUT2D eigenvalue weighted by atomic mass is 10.2. The minimum absolute atomic E-state index is 0.240. The number of ether oxygens (including phenoxy) is 2. The highest BCUT2D eigenvalue weighted by molar-refractivity contribution is 7.80. The van der Waals surface area contributed by atoms with Gasteiger partial charge in [0, 0.05) is 29.4 Å². The Kier molecular flexibility index (Phi) is 5.76. The van der Waals surface area contributed by atoms with E-state index in [1.54, 1.807) is 56.7 Å². The van der Waals surface area contributed by atoms with Gasteiger partial charge < -0.3 is 14.8 Å². The van der Waals surface area contributed by atoms with E-state index in [0.717, 1.165) is 0 Å². The van der Waals surface area contributed by atoms with E-state index in [1.165, 1.54) is 0 Å². The Morgan fingerprint density at radius 1 is 0.957 bits per heavy atom. The number of rotatable bonds is 4. The first-order valence-corrected chi connectivity index (χ1v) is 7.18. The predicted octanol–water partition coefficient (Wildman–Crippen LogP) is 2.34. The molecule has 2 aromatic carbocycles. The standard InChI is InChI=1S/C16H17N3O3S/c1-21-13-8-12(9-14(10-13)22-2)17-16(23)19-18-15(20)11-6-4-3-5-7-11/h3-10H,1-2H3,(H,18,20)(H2,17,19,23). The largest absolute Gasteiger partial charge is 0.497 e. The number of methoxy groups -OCH3 is 2. The van der Waals surface area contributed by atoms with Gasteiger partial charge in [-0.2, -0.15) is 0 Å². The van der Waals surface area contributed by atoms with E-state index in [0.29, 0.717) is 22.7 Å². The molecule has 0 aliphatic carbocycles. The first kappa shape index (κ1) is 16.6. The smallest absolute Gasteiger partial charge is 0.269 e. The molecule has 0 bridgehead atoms. The monoisotopic (exact) mass is 331 g/mol. The van der Waals surface area contributed by atoms with Crippen molar-refractivity contribution in [3.63, 3.8) is 0 Å². The summed E-state index contributed by atoms with van der Waals surface area (Å²) in [6.07, 6.45) is 0. The molecule has 0 radical (unpaired) electrons. The normalized spacial score (nSPS) is 9.65. The lowest BCUT2D eigenvalue weighted by Crippen LogP contribution is -2.43. The number of hydrazine groups is 1. The molecule has 3 N–H and O–H groups in total. The molecule has 7 heteroatoms. The van der Waals surface area contributed by atoms with Crippen molar-refractivity contribution in [2.24, 2.45) is 0 Å². The van der Waals surface area contributed by atoms with Crippen LogP contribution in [0.4, 0.5) is 5.69 Å². The second kappa shape index (κ2) is 8.00. The molecule has 0 aliphatic heterocycles. The molecular weight excluding hydrogens is 314 g/mol. The van der Waals surface area contributed by atoms with E-state index in [2.05, 4.69) is 16.2 Å². The maximum atomic E-state index is 11.9. The Hall–Kier alpha value is -2.80. The first-order valence-electron chi connectivity index (χ1n) is 6.78. The Morgan fingerprint density at radius 3 is 2.13 bits per heavy atom. The van der Waals surface area contributed by atoms with E-state index in [-0.39, 0.29) is 11.0 Å². The van der Waals surface area contributed by atoms with Gasteiger partial charge in [-0.15, -0.1) is 0 Å². The number of hydrogen-bond donors (Lipinski definition) is 3. The van der Waals surface area contributed by atoms with Crippen molar-refractivity contribution < 1.29 is 14.3 Å². The maximum absolute atomic E-state index is 11.9. The zero-order valence-electron chi connectivity index (χ0n) is 12.8. The molecular formula is C16H17N3O3S. The predicted molar refractivity (Wildman–Crippen MR) is 92.8 cm³/mol. The highest BCUT2D eigenvalue weighted by Crippen LogP contribution is 2.25. The summed E-state index contributed by atoms with van der Waals surface area (Å²) in [5, 5.41) is 3.18. The zero-order valence-corrected chi connectivity index (χ0v) is 13.6. The van der Waals surface area contributed by atoms with Crippen LogP contribution in [0.3, 0.4) is 0 Å². The van der Waals surface area contributed by atoms with E-state index >= 15 is 0 Å². The molecule has 120 valence electrons. The average Bonchev–Trinajstić information content (AvgIpc) is 2.60. The molecule has 0 saturated heterocycles. The molecule has 6 nitrogen and oxygen atoms in total. The lowest BCUT2D eigenvalue weighted by Gasteiger charge is -2.13. The number of carbonyl (C=O) groups excluding carboxylic acids is 1. The van der Waals surface area contributed by atoms with Crippen LogP contribution in [0.25, 0.3) is 0 Å². The van der Waals surface area contributed by atoms with E-state index in [9.17, 15) is 4.79 Å². The number of hydrogen-bond acceptors (Lipinski definition) is 4. The van der Waals surface area contributed by atoms with Crippen LogP contribution < -0.4 is 25.6 Å². The molecule has 0 spiro atoms. The maximum Gasteiger partial charge on any atom is 0.269 e. The highest BCUT2D eigenvalue weighted by atomic mass is 32.1. The average molecular weight is 331 g/mol. The molecule has 0 atom stereocenters. The molecule has 0 unspecified atom stereocenters. The minimum atomic E-state index is -0.280. The number of benzene rings is 2. The summed E-state index contributed by atoms with van der Waals surface area (Å²) < 4.78 is 10.4. The van der Waals surface area contributed by atoms with Crippen LogP contribution in [0.2, 0.25) is 0 Å². The van der Waals surface area contributed by atoms with Crippen molar-refractivity contribution in [2.45, 2.75) is 0 Å². The Labute approximate surface area is 139 Å². The summed E-state index contributed by atoms with van der Waals surface area (Å²) in [7, 11) is 3.13. The molecule has 0 aliphatic rings. The molecule has 2 aromatic rings. The third-order valence-corrected chi connectivity index (χ3v) is 3.14. The summed E-state index contributed by atoms with van der Waals surface area (Å²) >= 11 is 5.14. The second-order valence-corrected chi connectivity index (χ2v) is 4.91. The van der Waals surface area contributed by atoms with Gasteiger partial charge in [-0.3, -0.25) is 15.6 Å². The fraction of sp³-hybridized carbons (Fsp3) is 0.125. The Morgan fingerprint density at radius 2 is 1.57 bits per heavy atom. The number of thiocarbonyl (C=S) groups is 1. The van der Waals surface area contributed by atoms with Crippen molar-refractivity contribution in [2.75, 3.05) is 19.5 Å². The number of carbonyl (C=O) groups is 1. The van der Waals surface area contributed by atoms with Gasteiger partial charge >= 0.3 is 0 Å². The number of anilines is 1. The Balaban J connectivity index is 1.93. The zero-order chi connectivity index (χ0) is 16.7. The van der Waals surface area contributed by atoms with Crippen LogP contribution in [-0.2, 0) is 0 Å². The van der Waals surface area contributed by atoms with Crippen molar-refractivity contribution in [3.8, 4) is 11.5 Å². The highest BCUT2D eigenvalue weighted by Gasteiger charge is 2.06. The molecule has 0 fully saturated rings. The quantitative estimate of drug-likeness (QED) is 0.590. The van der Waals surface area contributed by atoms with Crippen LogP contribution in [0, 0.1) is 0 Å². The topological polar surface area (TPSA) is 71.6 Å². The van der Waals surface area contributed by atoms with Crippen LogP contribution in [0.15, 0.2) is 48.5 Å². The number of amides is 1. The van der Waals surface area contributed by atoms with E-state index in [1.807, 2.05) is 6.07 Å². The van der Waals surface area contributed by atoms with E-state index in [4.69, 9.17) is 21.7 Å². The summed E-state index contributed by atoms with van der Waals surface area (Å²) in [5.74, 6) is 0.976. The fourth-order valence-electron chi connectivity index (χ4n) is 1.82. The molecule has 1 amide bonds. The van der Waals surface area contributed by atoms with Crippen LogP contribution >= 0.6 is 12.2 Å². The van der Waals surface area contributed by atoms with Gasteiger partial charge in [0.15, 0.2) is 5.11 Å². The van der Waals surface area contributed by atoms with Crippen LogP contribution in [-0.4, -0.2) is 25.2 Å². The lowest BCUT2D eigenvalue weighted by molar-refractivity contribution is 0.0944. The molecule has 0 aromatic heterocycles. The molecule has 0 heterocycles. The summed E-state index contributed by atoms with van der Waals surface area (Å²) in [6.45, 7) is 0. The molecule has 23 heavy (non-hydrogen) atoms. The minimum Gasteiger partial charge on any atom is -0.497 e. The molecule has 0 saturated carbocycles. The van der Waals surface area contributed by atoms with Gasteiger partial charge in [0.25, 0.3) is 5.91 Å². The third-order valence-electron chi connectivity index (χ3n) is 2.93. The van der Waals surface area contributed by atoms with Crippen molar-refractivity contribution >= 4 is 28.9 Å². The number of nitrogens with one attached hydrogen (secondary N) is 3. The van der Waals surface area contributed by atoms with Crippen molar-refractivity contribution in [3.05, 3.63) is 54.1 Å². The second-order valence-electron chi connectivity index (χ2n) is 4.50. The SMILES string of the molecule is COc1cc(NC(=S)NNC(=O)c2ccccc2)cc(OC)c1. The fourth-order valence-corrected chi connectivity index (χ4v) is 1.99.